The third-order valence-corrected chi connectivity index (χ3v) is 4.31. The van der Waals surface area contributed by atoms with Gasteiger partial charge in [0.25, 0.3) is 0 Å². The zero-order valence-electron chi connectivity index (χ0n) is 12.3. The molecule has 0 saturated carbocycles. The van der Waals surface area contributed by atoms with E-state index in [1.165, 1.54) is 11.1 Å². The number of fused-ring (bicyclic) bond motifs is 1. The molecular weight excluding hydrogens is 260 g/mol. The number of aryl methyl sites for hydroxylation is 2. The summed E-state index contributed by atoms with van der Waals surface area (Å²) < 4.78 is 0. The maximum atomic E-state index is 12.4. The zero-order chi connectivity index (χ0) is 14.7. The van der Waals surface area contributed by atoms with Crippen LogP contribution in [0.5, 0.6) is 0 Å². The Hall–Kier alpha value is -2.16. The van der Waals surface area contributed by atoms with Gasteiger partial charge in [0, 0.05) is 25.9 Å². The molecular formula is C18H20N2O. The van der Waals surface area contributed by atoms with Gasteiger partial charge in [0.15, 0.2) is 0 Å². The van der Waals surface area contributed by atoms with E-state index in [1.807, 2.05) is 30.3 Å². The van der Waals surface area contributed by atoms with Crippen molar-refractivity contribution in [2.24, 2.45) is 0 Å². The molecule has 1 aromatic carbocycles. The summed E-state index contributed by atoms with van der Waals surface area (Å²) in [6.07, 6.45) is 6.99. The van der Waals surface area contributed by atoms with Crippen LogP contribution >= 0.6 is 0 Å². The lowest BCUT2D eigenvalue weighted by Gasteiger charge is -2.25. The van der Waals surface area contributed by atoms with Crippen LogP contribution in [0.25, 0.3) is 0 Å². The van der Waals surface area contributed by atoms with Crippen LogP contribution in [0.4, 0.5) is 0 Å². The number of hydrogen-bond acceptors (Lipinski definition) is 2. The third kappa shape index (κ3) is 2.97. The molecule has 108 valence electrons. The Morgan fingerprint density at radius 2 is 2.14 bits per heavy atom. The van der Waals surface area contributed by atoms with Crippen LogP contribution in [0.1, 0.15) is 35.6 Å². The maximum absolute atomic E-state index is 12.4. The molecule has 3 rings (SSSR count). The summed E-state index contributed by atoms with van der Waals surface area (Å²) in [5.74, 6) is 0.209. The van der Waals surface area contributed by atoms with Crippen molar-refractivity contribution in [1.82, 2.24) is 9.88 Å². The summed E-state index contributed by atoms with van der Waals surface area (Å²) in [4.78, 5) is 18.4. The van der Waals surface area contributed by atoms with Crippen LogP contribution in [0.15, 0.2) is 48.8 Å². The van der Waals surface area contributed by atoms with Crippen molar-refractivity contribution >= 4 is 5.91 Å². The molecule has 1 amide bonds. The molecule has 0 saturated heterocycles. The molecule has 0 aliphatic heterocycles. The van der Waals surface area contributed by atoms with Gasteiger partial charge in [-0.3, -0.25) is 9.78 Å². The smallest absolute Gasteiger partial charge is 0.223 e. The number of aromatic nitrogens is 1. The first kappa shape index (κ1) is 13.8. The molecule has 1 atom stereocenters. The SMILES string of the molecule is CN(C(=O)CCc1cccnc1)[C@@H]1CCc2ccccc21. The standard InChI is InChI=1S/C18H20N2O/c1-20(17-10-9-15-6-2-3-7-16(15)17)18(21)11-8-14-5-4-12-19-13-14/h2-7,12-13,17H,8-11H2,1H3/t17-/m1/s1. The second-order valence-corrected chi connectivity index (χ2v) is 5.62. The van der Waals surface area contributed by atoms with Crippen LogP contribution in [0, 0.1) is 0 Å². The molecule has 1 aromatic heterocycles. The molecule has 0 fully saturated rings. The molecule has 0 bridgehead atoms. The third-order valence-electron chi connectivity index (χ3n) is 4.31. The first-order chi connectivity index (χ1) is 10.3. The van der Waals surface area contributed by atoms with Gasteiger partial charge in [-0.2, -0.15) is 0 Å². The van der Waals surface area contributed by atoms with E-state index >= 15 is 0 Å². The van der Waals surface area contributed by atoms with E-state index in [1.54, 1.807) is 6.20 Å². The van der Waals surface area contributed by atoms with Gasteiger partial charge in [-0.25, -0.2) is 0 Å². The molecule has 1 heterocycles. The Bertz CT molecular complexity index is 624. The molecule has 1 aliphatic rings. The minimum absolute atomic E-state index is 0.209. The first-order valence-electron chi connectivity index (χ1n) is 7.48. The van der Waals surface area contributed by atoms with Crippen LogP contribution in [-0.2, 0) is 17.6 Å². The van der Waals surface area contributed by atoms with Crippen LogP contribution in [0.3, 0.4) is 0 Å². The quantitative estimate of drug-likeness (QED) is 0.862. The van der Waals surface area contributed by atoms with Crippen molar-refractivity contribution in [1.29, 1.82) is 0 Å². The summed E-state index contributed by atoms with van der Waals surface area (Å²) in [6.45, 7) is 0. The fourth-order valence-electron chi connectivity index (χ4n) is 3.08. The summed E-state index contributed by atoms with van der Waals surface area (Å²) >= 11 is 0. The number of nitrogens with zero attached hydrogens (tertiary/aromatic N) is 2. The monoisotopic (exact) mass is 280 g/mol. The summed E-state index contributed by atoms with van der Waals surface area (Å²) in [6, 6.07) is 12.6. The average Bonchev–Trinajstić information content (AvgIpc) is 2.97. The van der Waals surface area contributed by atoms with Gasteiger partial charge in [0.05, 0.1) is 6.04 Å². The highest BCUT2D eigenvalue weighted by Gasteiger charge is 2.27. The Kier molecular flexibility index (Phi) is 4.00. The van der Waals surface area contributed by atoms with Gasteiger partial charge < -0.3 is 4.90 Å². The van der Waals surface area contributed by atoms with Crippen molar-refractivity contribution in [3.8, 4) is 0 Å². The van der Waals surface area contributed by atoms with Crippen molar-refractivity contribution in [2.75, 3.05) is 7.05 Å². The molecule has 3 nitrogen and oxygen atoms in total. The van der Waals surface area contributed by atoms with Gasteiger partial charge in [0.1, 0.15) is 0 Å². The number of benzene rings is 1. The van der Waals surface area contributed by atoms with Crippen LogP contribution in [0.2, 0.25) is 0 Å². The highest BCUT2D eigenvalue weighted by molar-refractivity contribution is 5.77. The summed E-state index contributed by atoms with van der Waals surface area (Å²) in [5, 5.41) is 0. The molecule has 1 aliphatic carbocycles. The Morgan fingerprint density at radius 3 is 2.95 bits per heavy atom. The lowest BCUT2D eigenvalue weighted by molar-refractivity contribution is -0.132. The highest BCUT2D eigenvalue weighted by Crippen LogP contribution is 2.35. The number of carbonyl (C=O) groups excluding carboxylic acids is 1. The summed E-state index contributed by atoms with van der Waals surface area (Å²) in [7, 11) is 1.93. The minimum atomic E-state index is 0.209. The molecule has 2 aromatic rings. The fraction of sp³-hybridized carbons (Fsp3) is 0.333. The predicted molar refractivity (Wildman–Crippen MR) is 82.8 cm³/mol. The second kappa shape index (κ2) is 6.08. The van der Waals surface area contributed by atoms with Crippen molar-refractivity contribution in [2.45, 2.75) is 31.7 Å². The number of amides is 1. The molecule has 0 spiro atoms. The van der Waals surface area contributed by atoms with Gasteiger partial charge in [-0.05, 0) is 42.0 Å². The van der Waals surface area contributed by atoms with Gasteiger partial charge >= 0.3 is 0 Å². The number of pyridine rings is 1. The Morgan fingerprint density at radius 1 is 1.29 bits per heavy atom. The summed E-state index contributed by atoms with van der Waals surface area (Å²) in [5.41, 5.74) is 3.82. The first-order valence-corrected chi connectivity index (χ1v) is 7.48. The minimum Gasteiger partial charge on any atom is -0.339 e. The number of carbonyl (C=O) groups is 1. The van der Waals surface area contributed by atoms with E-state index in [9.17, 15) is 4.79 Å². The Balaban J connectivity index is 1.63. The highest BCUT2D eigenvalue weighted by atomic mass is 16.2. The van der Waals surface area contributed by atoms with Crippen molar-refractivity contribution in [3.05, 3.63) is 65.5 Å². The Labute approximate surface area is 125 Å². The molecule has 0 unspecified atom stereocenters. The number of hydrogen-bond donors (Lipinski definition) is 0. The lowest BCUT2D eigenvalue weighted by Crippen LogP contribution is -2.30. The van der Waals surface area contributed by atoms with E-state index in [2.05, 4.69) is 29.2 Å². The number of rotatable bonds is 4. The van der Waals surface area contributed by atoms with E-state index in [4.69, 9.17) is 0 Å². The molecule has 0 radical (unpaired) electrons. The van der Waals surface area contributed by atoms with E-state index < -0.39 is 0 Å². The topological polar surface area (TPSA) is 33.2 Å². The lowest BCUT2D eigenvalue weighted by atomic mass is 10.1. The maximum Gasteiger partial charge on any atom is 0.223 e. The van der Waals surface area contributed by atoms with Gasteiger partial charge in [-0.1, -0.05) is 30.3 Å². The predicted octanol–water partition coefficient (Wildman–Crippen LogP) is 3.16. The van der Waals surface area contributed by atoms with E-state index in [0.29, 0.717) is 6.42 Å². The largest absolute Gasteiger partial charge is 0.339 e. The van der Waals surface area contributed by atoms with Crippen LogP contribution < -0.4 is 0 Å². The fourth-order valence-corrected chi connectivity index (χ4v) is 3.08. The van der Waals surface area contributed by atoms with Gasteiger partial charge in [0.2, 0.25) is 5.91 Å². The van der Waals surface area contributed by atoms with Gasteiger partial charge in [-0.15, -0.1) is 0 Å². The van der Waals surface area contributed by atoms with Crippen LogP contribution in [-0.4, -0.2) is 22.8 Å². The van der Waals surface area contributed by atoms with E-state index in [-0.39, 0.29) is 11.9 Å². The van der Waals surface area contributed by atoms with Crippen molar-refractivity contribution in [3.63, 3.8) is 0 Å². The average molecular weight is 280 g/mol. The van der Waals surface area contributed by atoms with E-state index in [0.717, 1.165) is 24.8 Å². The zero-order valence-corrected chi connectivity index (χ0v) is 12.3. The molecule has 0 N–H and O–H groups in total. The molecule has 3 heteroatoms. The van der Waals surface area contributed by atoms with Crippen molar-refractivity contribution < 1.29 is 4.79 Å². The second-order valence-electron chi connectivity index (χ2n) is 5.62. The normalized spacial score (nSPS) is 16.5. The molecule has 21 heavy (non-hydrogen) atoms.